The molecule has 1 unspecified atom stereocenters. The highest BCUT2D eigenvalue weighted by molar-refractivity contribution is 4.90. The van der Waals surface area contributed by atoms with Gasteiger partial charge in [0.15, 0.2) is 0 Å². The first kappa shape index (κ1) is 11.4. The largest absolute Gasteiger partial charge is 0.311 e. The summed E-state index contributed by atoms with van der Waals surface area (Å²) in [4.78, 5) is 0. The van der Waals surface area contributed by atoms with Crippen molar-refractivity contribution in [3.05, 3.63) is 0 Å². The maximum atomic E-state index is 3.95. The molecule has 2 aliphatic rings. The smallest absolute Gasteiger partial charge is 0.0121 e. The zero-order chi connectivity index (χ0) is 10.7. The molecule has 0 aromatic heterocycles. The van der Waals surface area contributed by atoms with E-state index in [-0.39, 0.29) is 0 Å². The highest BCUT2D eigenvalue weighted by atomic mass is 15.0. The summed E-state index contributed by atoms with van der Waals surface area (Å²) in [5, 5.41) is 3.95. The number of hydrogen-bond donors (Lipinski definition) is 1. The second-order valence-corrected chi connectivity index (χ2v) is 6.29. The summed E-state index contributed by atoms with van der Waals surface area (Å²) in [6.07, 6.45) is 12.9. The van der Waals surface area contributed by atoms with Gasteiger partial charge in [-0.25, -0.2) is 0 Å². The van der Waals surface area contributed by atoms with E-state index in [0.717, 1.165) is 12.1 Å². The summed E-state index contributed by atoms with van der Waals surface area (Å²) in [5.41, 5.74) is 0.537. The average Bonchev–Trinajstić information content (AvgIpc) is 2.23. The Balaban J connectivity index is 1.85. The van der Waals surface area contributed by atoms with E-state index in [0.29, 0.717) is 5.41 Å². The van der Waals surface area contributed by atoms with E-state index in [4.69, 9.17) is 0 Å². The van der Waals surface area contributed by atoms with Crippen LogP contribution >= 0.6 is 0 Å². The third kappa shape index (κ3) is 2.96. The van der Waals surface area contributed by atoms with Crippen molar-refractivity contribution in [3.8, 4) is 0 Å². The van der Waals surface area contributed by atoms with Crippen LogP contribution in [0, 0.1) is 5.41 Å². The molecule has 2 fully saturated rings. The SMILES string of the molecule is CC1(C)CCCCC1NC1CCCCC1. The van der Waals surface area contributed by atoms with Crippen LogP contribution in [0.4, 0.5) is 0 Å². The minimum Gasteiger partial charge on any atom is -0.311 e. The summed E-state index contributed by atoms with van der Waals surface area (Å²) < 4.78 is 0. The fourth-order valence-corrected chi connectivity index (χ4v) is 3.36. The zero-order valence-electron chi connectivity index (χ0n) is 10.5. The van der Waals surface area contributed by atoms with Crippen LogP contribution in [0.25, 0.3) is 0 Å². The van der Waals surface area contributed by atoms with Gasteiger partial charge in [-0.2, -0.15) is 0 Å². The summed E-state index contributed by atoms with van der Waals surface area (Å²) in [6, 6.07) is 1.62. The quantitative estimate of drug-likeness (QED) is 0.728. The molecule has 0 spiro atoms. The van der Waals surface area contributed by atoms with Crippen LogP contribution in [-0.4, -0.2) is 12.1 Å². The third-order valence-corrected chi connectivity index (χ3v) is 4.55. The molecule has 15 heavy (non-hydrogen) atoms. The van der Waals surface area contributed by atoms with Crippen LogP contribution in [0.2, 0.25) is 0 Å². The maximum Gasteiger partial charge on any atom is 0.0121 e. The molecule has 2 saturated carbocycles. The molecule has 0 aliphatic heterocycles. The maximum absolute atomic E-state index is 3.95. The highest BCUT2D eigenvalue weighted by Crippen LogP contribution is 2.36. The van der Waals surface area contributed by atoms with E-state index in [2.05, 4.69) is 19.2 Å². The van der Waals surface area contributed by atoms with Crippen molar-refractivity contribution in [2.45, 2.75) is 83.7 Å². The lowest BCUT2D eigenvalue weighted by Crippen LogP contribution is -2.49. The molecule has 1 heteroatoms. The third-order valence-electron chi connectivity index (χ3n) is 4.55. The summed E-state index contributed by atoms with van der Waals surface area (Å²) in [5.74, 6) is 0. The molecular weight excluding hydrogens is 182 g/mol. The van der Waals surface area contributed by atoms with Crippen molar-refractivity contribution in [1.82, 2.24) is 5.32 Å². The molecule has 1 nitrogen and oxygen atoms in total. The Bertz CT molecular complexity index is 192. The van der Waals surface area contributed by atoms with Crippen molar-refractivity contribution < 1.29 is 0 Å². The van der Waals surface area contributed by atoms with Crippen molar-refractivity contribution in [1.29, 1.82) is 0 Å². The first-order valence-corrected chi connectivity index (χ1v) is 6.94. The Morgan fingerprint density at radius 1 is 0.867 bits per heavy atom. The van der Waals surface area contributed by atoms with Gasteiger partial charge in [0.05, 0.1) is 0 Å². The Labute approximate surface area is 95.0 Å². The molecule has 0 bridgehead atoms. The normalized spacial score (nSPS) is 32.8. The molecule has 1 atom stereocenters. The fourth-order valence-electron chi connectivity index (χ4n) is 3.36. The second kappa shape index (κ2) is 4.86. The lowest BCUT2D eigenvalue weighted by molar-refractivity contribution is 0.146. The van der Waals surface area contributed by atoms with Gasteiger partial charge in [-0.05, 0) is 31.1 Å². The van der Waals surface area contributed by atoms with Crippen molar-refractivity contribution in [2.75, 3.05) is 0 Å². The van der Waals surface area contributed by atoms with Gasteiger partial charge in [0.2, 0.25) is 0 Å². The summed E-state index contributed by atoms with van der Waals surface area (Å²) in [7, 11) is 0. The van der Waals surface area contributed by atoms with Crippen LogP contribution < -0.4 is 5.32 Å². The van der Waals surface area contributed by atoms with Gasteiger partial charge in [-0.1, -0.05) is 46.0 Å². The monoisotopic (exact) mass is 209 g/mol. The summed E-state index contributed by atoms with van der Waals surface area (Å²) in [6.45, 7) is 4.90. The van der Waals surface area contributed by atoms with Crippen molar-refractivity contribution in [3.63, 3.8) is 0 Å². The Kier molecular flexibility index (Phi) is 3.71. The molecule has 0 amide bonds. The molecular formula is C14H27N. The van der Waals surface area contributed by atoms with E-state index < -0.39 is 0 Å². The first-order chi connectivity index (χ1) is 7.18. The standard InChI is InChI=1S/C14H27N/c1-14(2)11-7-6-10-13(14)15-12-8-4-3-5-9-12/h12-13,15H,3-11H2,1-2H3. The predicted octanol–water partition coefficient (Wildman–Crippen LogP) is 3.88. The second-order valence-electron chi connectivity index (χ2n) is 6.29. The molecule has 0 heterocycles. The molecule has 0 aromatic rings. The highest BCUT2D eigenvalue weighted by Gasteiger charge is 2.33. The van der Waals surface area contributed by atoms with E-state index in [1.807, 2.05) is 0 Å². The summed E-state index contributed by atoms with van der Waals surface area (Å²) >= 11 is 0. The van der Waals surface area contributed by atoms with Gasteiger partial charge in [0.1, 0.15) is 0 Å². The van der Waals surface area contributed by atoms with Gasteiger partial charge in [-0.15, -0.1) is 0 Å². The molecule has 0 saturated heterocycles. The Morgan fingerprint density at radius 2 is 1.53 bits per heavy atom. The predicted molar refractivity (Wildman–Crippen MR) is 66.0 cm³/mol. The molecule has 2 rings (SSSR count). The van der Waals surface area contributed by atoms with E-state index in [1.54, 1.807) is 0 Å². The van der Waals surface area contributed by atoms with E-state index in [9.17, 15) is 0 Å². The minimum atomic E-state index is 0.537. The number of rotatable bonds is 2. The number of hydrogen-bond acceptors (Lipinski definition) is 1. The van der Waals surface area contributed by atoms with Gasteiger partial charge in [0.25, 0.3) is 0 Å². The minimum absolute atomic E-state index is 0.537. The molecule has 88 valence electrons. The van der Waals surface area contributed by atoms with E-state index >= 15 is 0 Å². The van der Waals surface area contributed by atoms with E-state index in [1.165, 1.54) is 57.8 Å². The van der Waals surface area contributed by atoms with Crippen LogP contribution in [0.15, 0.2) is 0 Å². The fraction of sp³-hybridized carbons (Fsp3) is 1.00. The van der Waals surface area contributed by atoms with Crippen LogP contribution in [0.3, 0.4) is 0 Å². The number of nitrogens with one attached hydrogen (secondary N) is 1. The van der Waals surface area contributed by atoms with Crippen LogP contribution in [-0.2, 0) is 0 Å². The topological polar surface area (TPSA) is 12.0 Å². The van der Waals surface area contributed by atoms with Crippen molar-refractivity contribution in [2.24, 2.45) is 5.41 Å². The molecule has 0 aromatic carbocycles. The lowest BCUT2D eigenvalue weighted by Gasteiger charge is -2.42. The van der Waals surface area contributed by atoms with Gasteiger partial charge in [-0.3, -0.25) is 0 Å². The zero-order valence-corrected chi connectivity index (χ0v) is 10.5. The Hall–Kier alpha value is -0.0400. The average molecular weight is 209 g/mol. The Morgan fingerprint density at radius 3 is 2.20 bits per heavy atom. The van der Waals surface area contributed by atoms with Crippen LogP contribution in [0.5, 0.6) is 0 Å². The van der Waals surface area contributed by atoms with Crippen LogP contribution in [0.1, 0.15) is 71.6 Å². The molecule has 1 N–H and O–H groups in total. The van der Waals surface area contributed by atoms with Crippen molar-refractivity contribution >= 4 is 0 Å². The first-order valence-electron chi connectivity index (χ1n) is 6.94. The van der Waals surface area contributed by atoms with Gasteiger partial charge in [0, 0.05) is 12.1 Å². The van der Waals surface area contributed by atoms with Gasteiger partial charge >= 0.3 is 0 Å². The molecule has 0 radical (unpaired) electrons. The lowest BCUT2D eigenvalue weighted by atomic mass is 9.72. The van der Waals surface area contributed by atoms with Gasteiger partial charge < -0.3 is 5.32 Å². The molecule has 2 aliphatic carbocycles.